The van der Waals surface area contributed by atoms with E-state index in [-0.39, 0.29) is 18.3 Å². The van der Waals surface area contributed by atoms with Gasteiger partial charge in [0.2, 0.25) is 0 Å². The Kier molecular flexibility index (Phi) is 11.2. The van der Waals surface area contributed by atoms with E-state index in [1.807, 2.05) is 140 Å². The molecule has 8 aromatic rings. The summed E-state index contributed by atoms with van der Waals surface area (Å²) in [7, 11) is 1.36. The van der Waals surface area contributed by atoms with Crippen LogP contribution in [0, 0.1) is 23.3 Å². The van der Waals surface area contributed by atoms with Gasteiger partial charge in [0.15, 0.2) is 23.3 Å². The second-order valence-electron chi connectivity index (χ2n) is 16.9. The van der Waals surface area contributed by atoms with Crippen LogP contribution in [-0.2, 0) is 28.2 Å². The summed E-state index contributed by atoms with van der Waals surface area (Å²) in [6.45, 7) is 8.70. The number of carbonyl (C=O) groups is 1. The fourth-order valence-corrected chi connectivity index (χ4v) is 9.25. The van der Waals surface area contributed by atoms with Crippen LogP contribution in [0.25, 0.3) is 38.8 Å². The highest BCUT2D eigenvalue weighted by atomic mass is 19.2. The van der Waals surface area contributed by atoms with Crippen LogP contribution in [0.5, 0.6) is 11.5 Å². The molecule has 1 aliphatic carbocycles. The molecule has 0 aliphatic heterocycles. The predicted octanol–water partition coefficient (Wildman–Crippen LogP) is 13.4. The highest BCUT2D eigenvalue weighted by Gasteiger charge is 2.51. The Morgan fingerprint density at radius 2 is 1.06 bits per heavy atom. The number of allylic oxidation sites excluding steroid dienone is 1. The molecule has 0 bridgehead atoms. The molecule has 2 heterocycles. The molecule has 0 fully saturated rings. The Morgan fingerprint density at radius 1 is 0.594 bits per heavy atom. The summed E-state index contributed by atoms with van der Waals surface area (Å²) >= 11 is 0. The van der Waals surface area contributed by atoms with E-state index in [2.05, 4.69) is 0 Å². The average Bonchev–Trinajstić information content (AvgIpc) is 3.81. The normalized spacial score (nSPS) is 14.9. The van der Waals surface area contributed by atoms with Gasteiger partial charge in [0, 0.05) is 56.8 Å². The molecule has 1 unspecified atom stereocenters. The standard InChI is InChI=1S/C54H46F4N2O4/c1-32(2)51-49(41-26-39(63-30-34-12-8-6-9-13-34)18-22-47(41)59(51)37-16-20-43(55)45(57)24-37)36-28-54(29-36,53(61)62-5)50-42-27-40(64-31-35-14-10-7-11-15-35)19-23-48(42)60(52(50)33(3)4)38-17-21-44(56)46(58)25-38/h6-28,32-33H,29-31H2,1-5H3. The Labute approximate surface area is 368 Å². The van der Waals surface area contributed by atoms with Gasteiger partial charge in [-0.15, -0.1) is 0 Å². The summed E-state index contributed by atoms with van der Waals surface area (Å²) in [6.07, 6.45) is 2.14. The Balaban J connectivity index is 1.28. The number of carbonyl (C=O) groups excluding carboxylic acids is 1. The highest BCUT2D eigenvalue weighted by molar-refractivity contribution is 6.06. The molecule has 64 heavy (non-hydrogen) atoms. The van der Waals surface area contributed by atoms with Crippen molar-refractivity contribution in [3.05, 3.63) is 196 Å². The molecule has 6 aromatic carbocycles. The van der Waals surface area contributed by atoms with Gasteiger partial charge >= 0.3 is 5.97 Å². The molecule has 9 rings (SSSR count). The van der Waals surface area contributed by atoms with Crippen LogP contribution in [0.4, 0.5) is 17.6 Å². The number of fused-ring (bicyclic) bond motifs is 2. The van der Waals surface area contributed by atoms with Crippen molar-refractivity contribution in [3.63, 3.8) is 0 Å². The topological polar surface area (TPSA) is 54.6 Å². The number of rotatable bonds is 13. The van der Waals surface area contributed by atoms with E-state index in [9.17, 15) is 13.6 Å². The third kappa shape index (κ3) is 7.40. The third-order valence-electron chi connectivity index (χ3n) is 12.1. The lowest BCUT2D eigenvalue weighted by molar-refractivity contribution is -0.146. The summed E-state index contributed by atoms with van der Waals surface area (Å²) in [6, 6.07) is 38.6. The zero-order valence-corrected chi connectivity index (χ0v) is 36.1. The van der Waals surface area contributed by atoms with Gasteiger partial charge in [0.1, 0.15) is 30.1 Å². The average molecular weight is 863 g/mol. The minimum absolute atomic E-state index is 0.135. The maximum atomic E-state index is 15.1. The molecule has 0 saturated carbocycles. The van der Waals surface area contributed by atoms with Crippen molar-refractivity contribution in [2.24, 2.45) is 0 Å². The van der Waals surface area contributed by atoms with Gasteiger partial charge in [0.25, 0.3) is 0 Å². The van der Waals surface area contributed by atoms with Crippen molar-refractivity contribution < 1.29 is 36.6 Å². The van der Waals surface area contributed by atoms with Gasteiger partial charge < -0.3 is 23.3 Å². The van der Waals surface area contributed by atoms with Gasteiger partial charge in [-0.25, -0.2) is 17.6 Å². The highest BCUT2D eigenvalue weighted by Crippen LogP contribution is 2.56. The van der Waals surface area contributed by atoms with E-state index >= 15 is 8.78 Å². The molecule has 0 radical (unpaired) electrons. The first kappa shape index (κ1) is 42.2. The minimum Gasteiger partial charge on any atom is -0.489 e. The number of ether oxygens (including phenoxy) is 3. The molecule has 0 saturated heterocycles. The fourth-order valence-electron chi connectivity index (χ4n) is 9.25. The largest absolute Gasteiger partial charge is 0.489 e. The molecular formula is C54H46F4N2O4. The van der Waals surface area contributed by atoms with Crippen molar-refractivity contribution in [2.45, 2.75) is 64.6 Å². The molecule has 324 valence electrons. The maximum absolute atomic E-state index is 15.1. The summed E-state index contributed by atoms with van der Waals surface area (Å²) in [5.41, 5.74) is 6.72. The lowest BCUT2D eigenvalue weighted by atomic mass is 9.63. The maximum Gasteiger partial charge on any atom is 0.320 e. The van der Waals surface area contributed by atoms with E-state index in [4.69, 9.17) is 14.2 Å². The number of aromatic nitrogens is 2. The molecule has 0 N–H and O–H groups in total. The Hall–Kier alpha value is -7.07. The van der Waals surface area contributed by atoms with Gasteiger partial charge in [0.05, 0.1) is 18.1 Å². The number of esters is 1. The van der Waals surface area contributed by atoms with E-state index in [0.29, 0.717) is 58.2 Å². The number of nitrogens with zero attached hydrogens (tertiary/aromatic N) is 2. The van der Waals surface area contributed by atoms with E-state index < -0.39 is 34.7 Å². The van der Waals surface area contributed by atoms with Gasteiger partial charge in [-0.2, -0.15) is 0 Å². The zero-order chi connectivity index (χ0) is 44.9. The number of hydrogen-bond acceptors (Lipinski definition) is 4. The van der Waals surface area contributed by atoms with Crippen LogP contribution < -0.4 is 9.47 Å². The first-order chi connectivity index (χ1) is 30.9. The predicted molar refractivity (Wildman–Crippen MR) is 242 cm³/mol. The van der Waals surface area contributed by atoms with Crippen molar-refractivity contribution in [2.75, 3.05) is 7.11 Å². The molecule has 2 aromatic heterocycles. The van der Waals surface area contributed by atoms with Crippen LogP contribution in [0.1, 0.15) is 79.6 Å². The van der Waals surface area contributed by atoms with E-state index in [1.165, 1.54) is 19.2 Å². The van der Waals surface area contributed by atoms with Crippen LogP contribution in [0.15, 0.2) is 140 Å². The lowest BCUT2D eigenvalue weighted by Gasteiger charge is -2.39. The summed E-state index contributed by atoms with van der Waals surface area (Å²) in [5.74, 6) is -3.61. The monoisotopic (exact) mass is 862 g/mol. The summed E-state index contributed by atoms with van der Waals surface area (Å²) in [4.78, 5) is 14.7. The van der Waals surface area contributed by atoms with Crippen LogP contribution in [0.2, 0.25) is 0 Å². The number of benzene rings is 6. The zero-order valence-electron chi connectivity index (χ0n) is 36.1. The number of methoxy groups -OCH3 is 1. The van der Waals surface area contributed by atoms with E-state index in [0.717, 1.165) is 57.1 Å². The van der Waals surface area contributed by atoms with Crippen molar-refractivity contribution in [1.82, 2.24) is 9.13 Å². The molecule has 10 heteroatoms. The fraction of sp³-hybridized carbons (Fsp3) is 0.204. The second-order valence-corrected chi connectivity index (χ2v) is 16.9. The minimum atomic E-state index is -1.35. The summed E-state index contributed by atoms with van der Waals surface area (Å²) in [5, 5.41) is 1.48. The Bertz CT molecular complexity index is 3100. The van der Waals surface area contributed by atoms with Crippen LogP contribution in [-0.4, -0.2) is 22.2 Å². The van der Waals surface area contributed by atoms with Crippen LogP contribution in [0.3, 0.4) is 0 Å². The second kappa shape index (κ2) is 16.9. The molecule has 1 aliphatic rings. The third-order valence-corrected chi connectivity index (χ3v) is 12.1. The first-order valence-electron chi connectivity index (χ1n) is 21.3. The Morgan fingerprint density at radius 3 is 1.53 bits per heavy atom. The first-order valence-corrected chi connectivity index (χ1v) is 21.3. The summed E-state index contributed by atoms with van der Waals surface area (Å²) < 4.78 is 81.2. The smallest absolute Gasteiger partial charge is 0.320 e. The number of hydrogen-bond donors (Lipinski definition) is 0. The lowest BCUT2D eigenvalue weighted by Crippen LogP contribution is -2.42. The molecular weight excluding hydrogens is 817 g/mol. The molecule has 6 nitrogen and oxygen atoms in total. The van der Waals surface area contributed by atoms with Gasteiger partial charge in [-0.3, -0.25) is 4.79 Å². The van der Waals surface area contributed by atoms with E-state index in [1.54, 1.807) is 6.07 Å². The van der Waals surface area contributed by atoms with Crippen LogP contribution >= 0.6 is 0 Å². The molecule has 1 atom stereocenters. The number of halogens is 4. The molecule has 0 spiro atoms. The SMILES string of the molecule is COC(=O)C1(c2c(C(C)C)n(-c3ccc(F)c(F)c3)c3ccc(OCc4ccccc4)cc23)C=C(c2c(C(C)C)n(-c3ccc(F)c(F)c3)c3ccc(OCc4ccccc4)cc23)C1. The van der Waals surface area contributed by atoms with Crippen molar-refractivity contribution >= 4 is 33.3 Å². The van der Waals surface area contributed by atoms with Gasteiger partial charge in [-0.1, -0.05) is 94.4 Å². The quantitative estimate of drug-likeness (QED) is 0.0856. The van der Waals surface area contributed by atoms with Crippen molar-refractivity contribution in [1.29, 1.82) is 0 Å². The van der Waals surface area contributed by atoms with Gasteiger partial charge in [-0.05, 0) is 95.6 Å². The van der Waals surface area contributed by atoms with Crippen molar-refractivity contribution in [3.8, 4) is 22.9 Å². The molecule has 0 amide bonds.